The summed E-state index contributed by atoms with van der Waals surface area (Å²) >= 11 is 0. The minimum atomic E-state index is -0.0498. The molecule has 2 aromatic rings. The largest absolute Gasteiger partial charge is 0.469 e. The molecule has 0 saturated carbocycles. The Bertz CT molecular complexity index is 454. The van der Waals surface area contributed by atoms with Crippen LogP contribution in [0.4, 0.5) is 0 Å². The maximum Gasteiger partial charge on any atom is 0.213 e. The van der Waals surface area contributed by atoms with Crippen molar-refractivity contribution in [1.82, 2.24) is 4.98 Å². The van der Waals surface area contributed by atoms with E-state index in [2.05, 4.69) is 4.98 Å². The van der Waals surface area contributed by atoms with E-state index in [1.165, 1.54) is 0 Å². The lowest BCUT2D eigenvalue weighted by molar-refractivity contribution is 0.0918. The number of aromatic nitrogens is 1. The number of hydrogen-bond donors (Lipinski definition) is 0. The molecule has 0 fully saturated rings. The first-order chi connectivity index (χ1) is 7.86. The third-order valence-corrected chi connectivity index (χ3v) is 2.08. The highest BCUT2D eigenvalue weighted by Gasteiger charge is 2.05. The first-order valence-electron chi connectivity index (χ1n) is 4.98. The van der Waals surface area contributed by atoms with Crippen LogP contribution in [0, 0.1) is 0 Å². The molecule has 0 saturated heterocycles. The number of pyridine rings is 1. The summed E-state index contributed by atoms with van der Waals surface area (Å²) in [5.74, 6) is 0.415. The van der Waals surface area contributed by atoms with Gasteiger partial charge in [0.15, 0.2) is 12.4 Å². The van der Waals surface area contributed by atoms with Crippen molar-refractivity contribution in [3.8, 4) is 5.88 Å². The molecule has 1 aromatic carbocycles. The molecule has 1 aromatic heterocycles. The fourth-order valence-corrected chi connectivity index (χ4v) is 1.28. The maximum atomic E-state index is 11.7. The molecule has 0 amide bonds. The van der Waals surface area contributed by atoms with Crippen LogP contribution in [0.5, 0.6) is 5.88 Å². The van der Waals surface area contributed by atoms with Gasteiger partial charge in [-0.05, 0) is 6.07 Å². The second kappa shape index (κ2) is 5.07. The number of rotatable bonds is 4. The molecule has 0 unspecified atom stereocenters. The lowest BCUT2D eigenvalue weighted by Gasteiger charge is -2.03. The maximum absolute atomic E-state index is 11.7. The summed E-state index contributed by atoms with van der Waals surface area (Å²) in [7, 11) is 0. The van der Waals surface area contributed by atoms with E-state index in [0.717, 1.165) is 0 Å². The number of ether oxygens (including phenoxy) is 1. The summed E-state index contributed by atoms with van der Waals surface area (Å²) in [6, 6.07) is 14.4. The van der Waals surface area contributed by atoms with Gasteiger partial charge in [-0.1, -0.05) is 36.4 Å². The van der Waals surface area contributed by atoms with Crippen LogP contribution in [0.25, 0.3) is 0 Å². The van der Waals surface area contributed by atoms with Crippen molar-refractivity contribution in [2.45, 2.75) is 0 Å². The molecule has 3 nitrogen and oxygen atoms in total. The van der Waals surface area contributed by atoms with E-state index in [9.17, 15) is 4.79 Å². The summed E-state index contributed by atoms with van der Waals surface area (Å²) in [5, 5.41) is 0. The van der Waals surface area contributed by atoms with Gasteiger partial charge in [0.05, 0.1) is 0 Å². The van der Waals surface area contributed by atoms with Crippen molar-refractivity contribution in [2.24, 2.45) is 0 Å². The number of Topliss-reactive ketones (excluding diaryl/α,β-unsaturated/α-hetero) is 1. The molecule has 0 aliphatic heterocycles. The highest BCUT2D eigenvalue weighted by Crippen LogP contribution is 2.05. The second-order valence-electron chi connectivity index (χ2n) is 3.25. The van der Waals surface area contributed by atoms with Gasteiger partial charge in [-0.25, -0.2) is 4.98 Å². The van der Waals surface area contributed by atoms with E-state index in [1.54, 1.807) is 30.5 Å². The quantitative estimate of drug-likeness (QED) is 0.732. The average molecular weight is 213 g/mol. The number of carbonyl (C=O) groups excluding carboxylic acids is 1. The molecular formula is C13H11NO2. The Morgan fingerprint density at radius 1 is 1.06 bits per heavy atom. The Morgan fingerprint density at radius 2 is 1.81 bits per heavy atom. The van der Waals surface area contributed by atoms with E-state index in [-0.39, 0.29) is 12.4 Å². The second-order valence-corrected chi connectivity index (χ2v) is 3.25. The van der Waals surface area contributed by atoms with E-state index >= 15 is 0 Å². The van der Waals surface area contributed by atoms with E-state index in [1.807, 2.05) is 24.3 Å². The molecular weight excluding hydrogens is 202 g/mol. The van der Waals surface area contributed by atoms with Gasteiger partial charge in [-0.15, -0.1) is 0 Å². The third-order valence-electron chi connectivity index (χ3n) is 2.08. The molecule has 0 N–H and O–H groups in total. The van der Waals surface area contributed by atoms with Crippen LogP contribution in [0.2, 0.25) is 0 Å². The molecule has 0 aliphatic rings. The SMILES string of the molecule is O=C(COc1ccccn1)c1ccccc1. The van der Waals surface area contributed by atoms with Crippen LogP contribution in [-0.2, 0) is 0 Å². The molecule has 0 aliphatic carbocycles. The highest BCUT2D eigenvalue weighted by molar-refractivity contribution is 5.97. The summed E-state index contributed by atoms with van der Waals surface area (Å²) in [5.41, 5.74) is 0.651. The van der Waals surface area contributed by atoms with Gasteiger partial charge in [-0.3, -0.25) is 4.79 Å². The summed E-state index contributed by atoms with van der Waals surface area (Å²) in [4.78, 5) is 15.6. The van der Waals surface area contributed by atoms with Crippen LogP contribution < -0.4 is 4.74 Å². The Balaban J connectivity index is 1.95. The average Bonchev–Trinajstić information content (AvgIpc) is 2.38. The lowest BCUT2D eigenvalue weighted by Crippen LogP contribution is -2.11. The normalized spacial score (nSPS) is 9.75. The molecule has 0 spiro atoms. The van der Waals surface area contributed by atoms with Crippen LogP contribution in [0.1, 0.15) is 10.4 Å². The van der Waals surface area contributed by atoms with E-state index in [4.69, 9.17) is 4.74 Å². The Morgan fingerprint density at radius 3 is 2.50 bits per heavy atom. The van der Waals surface area contributed by atoms with Crippen molar-refractivity contribution < 1.29 is 9.53 Å². The number of hydrogen-bond acceptors (Lipinski definition) is 3. The van der Waals surface area contributed by atoms with Crippen LogP contribution in [-0.4, -0.2) is 17.4 Å². The van der Waals surface area contributed by atoms with Crippen molar-refractivity contribution >= 4 is 5.78 Å². The van der Waals surface area contributed by atoms with Gasteiger partial charge >= 0.3 is 0 Å². The van der Waals surface area contributed by atoms with E-state index < -0.39 is 0 Å². The van der Waals surface area contributed by atoms with Crippen LogP contribution in [0.3, 0.4) is 0 Å². The van der Waals surface area contributed by atoms with E-state index in [0.29, 0.717) is 11.4 Å². The summed E-state index contributed by atoms with van der Waals surface area (Å²) in [6.45, 7) is 0.0149. The number of nitrogens with zero attached hydrogens (tertiary/aromatic N) is 1. The number of benzene rings is 1. The van der Waals surface area contributed by atoms with Gasteiger partial charge in [0.25, 0.3) is 0 Å². The zero-order valence-electron chi connectivity index (χ0n) is 8.67. The predicted octanol–water partition coefficient (Wildman–Crippen LogP) is 2.34. The van der Waals surface area contributed by atoms with Crippen molar-refractivity contribution in [3.05, 3.63) is 60.3 Å². The van der Waals surface area contributed by atoms with Gasteiger partial charge in [0.2, 0.25) is 5.88 Å². The lowest BCUT2D eigenvalue weighted by atomic mass is 10.1. The molecule has 0 atom stereocenters. The fraction of sp³-hybridized carbons (Fsp3) is 0.0769. The minimum absolute atomic E-state index is 0.0149. The van der Waals surface area contributed by atoms with Crippen molar-refractivity contribution in [1.29, 1.82) is 0 Å². The molecule has 1 heterocycles. The van der Waals surface area contributed by atoms with Gasteiger partial charge in [0.1, 0.15) is 0 Å². The fourth-order valence-electron chi connectivity index (χ4n) is 1.28. The molecule has 2 rings (SSSR count). The van der Waals surface area contributed by atoms with Crippen LogP contribution in [0.15, 0.2) is 54.7 Å². The Labute approximate surface area is 93.7 Å². The molecule has 0 radical (unpaired) electrons. The Hall–Kier alpha value is -2.16. The van der Waals surface area contributed by atoms with Gasteiger partial charge in [-0.2, -0.15) is 0 Å². The minimum Gasteiger partial charge on any atom is -0.469 e. The first-order valence-corrected chi connectivity index (χ1v) is 4.98. The third kappa shape index (κ3) is 2.67. The van der Waals surface area contributed by atoms with Gasteiger partial charge < -0.3 is 4.74 Å². The predicted molar refractivity (Wildman–Crippen MR) is 60.5 cm³/mol. The molecule has 16 heavy (non-hydrogen) atoms. The van der Waals surface area contributed by atoms with Crippen LogP contribution >= 0.6 is 0 Å². The topological polar surface area (TPSA) is 39.2 Å². The molecule has 80 valence electrons. The highest BCUT2D eigenvalue weighted by atomic mass is 16.5. The summed E-state index contributed by atoms with van der Waals surface area (Å²) in [6.07, 6.45) is 1.63. The van der Waals surface area contributed by atoms with Crippen molar-refractivity contribution in [2.75, 3.05) is 6.61 Å². The monoisotopic (exact) mass is 213 g/mol. The Kier molecular flexibility index (Phi) is 3.28. The number of carbonyl (C=O) groups is 1. The smallest absolute Gasteiger partial charge is 0.213 e. The zero-order chi connectivity index (χ0) is 11.2. The zero-order valence-corrected chi connectivity index (χ0v) is 8.67. The standard InChI is InChI=1S/C13H11NO2/c15-12(11-6-2-1-3-7-11)10-16-13-8-4-5-9-14-13/h1-9H,10H2. The first kappa shape index (κ1) is 10.4. The van der Waals surface area contributed by atoms with Gasteiger partial charge in [0, 0.05) is 17.8 Å². The summed E-state index contributed by atoms with van der Waals surface area (Å²) < 4.78 is 5.26. The number of ketones is 1. The van der Waals surface area contributed by atoms with Crippen molar-refractivity contribution in [3.63, 3.8) is 0 Å². The molecule has 3 heteroatoms. The molecule has 0 bridgehead atoms.